The van der Waals surface area contributed by atoms with Crippen molar-refractivity contribution in [1.29, 1.82) is 0 Å². The number of nitrogens with one attached hydrogen (secondary N) is 1. The van der Waals surface area contributed by atoms with Gasteiger partial charge < -0.3 is 15.2 Å². The van der Waals surface area contributed by atoms with Crippen molar-refractivity contribution in [2.45, 2.75) is 58.4 Å². The van der Waals surface area contributed by atoms with Crippen LogP contribution < -0.4 is 10.1 Å². The van der Waals surface area contributed by atoms with Crippen LogP contribution in [0.25, 0.3) is 5.69 Å². The van der Waals surface area contributed by atoms with Crippen LogP contribution in [0.5, 0.6) is 5.75 Å². The van der Waals surface area contributed by atoms with Gasteiger partial charge in [-0.2, -0.15) is 0 Å². The lowest BCUT2D eigenvalue weighted by molar-refractivity contribution is -0.127. The maximum atomic E-state index is 13.2. The molecule has 0 saturated heterocycles. The molecule has 0 spiro atoms. The van der Waals surface area contributed by atoms with Gasteiger partial charge in [0.1, 0.15) is 11.3 Å². The van der Waals surface area contributed by atoms with E-state index >= 15 is 0 Å². The van der Waals surface area contributed by atoms with Crippen LogP contribution in [-0.4, -0.2) is 38.8 Å². The lowest BCUT2D eigenvalue weighted by Crippen LogP contribution is -2.45. The smallest absolute Gasteiger partial charge is 0.341 e. The fourth-order valence-electron chi connectivity index (χ4n) is 4.46. The standard InChI is InChI=1S/C23H29N3O4/c1-14-4-6-15(7-5-14)20(27)23(2,3)24-21-18(22(28)29)13-26(25-21)17-8-9-19-16(12-17)10-11-30-19/h8-9,12-15H,4-7,10-11H2,1-3H3,(H,24,25)(H,28,29). The largest absolute Gasteiger partial charge is 0.493 e. The van der Waals surface area contributed by atoms with Crippen molar-refractivity contribution in [2.75, 3.05) is 11.9 Å². The number of aromatic carboxylic acids is 1. The number of benzene rings is 1. The van der Waals surface area contributed by atoms with Gasteiger partial charge in [0.25, 0.3) is 0 Å². The molecule has 1 saturated carbocycles. The predicted molar refractivity (Wildman–Crippen MR) is 114 cm³/mol. The highest BCUT2D eigenvalue weighted by Crippen LogP contribution is 2.33. The van der Waals surface area contributed by atoms with Gasteiger partial charge in [0, 0.05) is 18.5 Å². The molecule has 1 fully saturated rings. The van der Waals surface area contributed by atoms with Gasteiger partial charge in [0.15, 0.2) is 11.6 Å². The Morgan fingerprint density at radius 1 is 1.23 bits per heavy atom. The number of anilines is 1. The maximum Gasteiger partial charge on any atom is 0.341 e. The molecule has 2 aromatic rings. The lowest BCUT2D eigenvalue weighted by atomic mass is 9.76. The van der Waals surface area contributed by atoms with Crippen molar-refractivity contribution in [1.82, 2.24) is 9.78 Å². The Bertz CT molecular complexity index is 971. The second-order valence-corrected chi connectivity index (χ2v) is 9.10. The number of hydrogen-bond acceptors (Lipinski definition) is 5. The van der Waals surface area contributed by atoms with Crippen molar-refractivity contribution in [3.8, 4) is 11.4 Å². The highest BCUT2D eigenvalue weighted by molar-refractivity contribution is 5.96. The average Bonchev–Trinajstić information content (AvgIpc) is 3.34. The van der Waals surface area contributed by atoms with E-state index in [2.05, 4.69) is 17.3 Å². The quantitative estimate of drug-likeness (QED) is 0.744. The highest BCUT2D eigenvalue weighted by atomic mass is 16.5. The van der Waals surface area contributed by atoms with Crippen LogP contribution in [-0.2, 0) is 11.2 Å². The second-order valence-electron chi connectivity index (χ2n) is 9.10. The summed E-state index contributed by atoms with van der Waals surface area (Å²) in [6.45, 7) is 6.50. The molecule has 7 nitrogen and oxygen atoms in total. The van der Waals surface area contributed by atoms with Crippen LogP contribution in [0.2, 0.25) is 0 Å². The van der Waals surface area contributed by atoms with Gasteiger partial charge in [0.05, 0.1) is 17.8 Å². The van der Waals surface area contributed by atoms with Crippen molar-refractivity contribution >= 4 is 17.6 Å². The molecule has 2 N–H and O–H groups in total. The van der Waals surface area contributed by atoms with Gasteiger partial charge in [-0.15, -0.1) is 5.10 Å². The first-order valence-corrected chi connectivity index (χ1v) is 10.7. The Hall–Kier alpha value is -2.83. The molecule has 7 heteroatoms. The summed E-state index contributed by atoms with van der Waals surface area (Å²) in [5, 5.41) is 17.3. The monoisotopic (exact) mass is 411 g/mol. The number of fused-ring (bicyclic) bond motifs is 1. The first-order valence-electron chi connectivity index (χ1n) is 10.7. The zero-order valence-corrected chi connectivity index (χ0v) is 17.8. The Kier molecular flexibility index (Phi) is 5.30. The molecule has 1 aliphatic heterocycles. The molecule has 0 amide bonds. The van der Waals surface area contributed by atoms with Gasteiger partial charge in [-0.3, -0.25) is 4.79 Å². The van der Waals surface area contributed by atoms with E-state index in [-0.39, 0.29) is 23.1 Å². The Balaban J connectivity index is 1.59. The zero-order chi connectivity index (χ0) is 21.5. The van der Waals surface area contributed by atoms with Gasteiger partial charge in [0.2, 0.25) is 0 Å². The second kappa shape index (κ2) is 7.78. The number of carbonyl (C=O) groups excluding carboxylic acids is 1. The number of nitrogens with zero attached hydrogens (tertiary/aromatic N) is 2. The third-order valence-corrected chi connectivity index (χ3v) is 6.32. The molecule has 1 aromatic carbocycles. The van der Waals surface area contributed by atoms with Crippen molar-refractivity contribution in [2.24, 2.45) is 11.8 Å². The van der Waals surface area contributed by atoms with E-state index in [0.717, 1.165) is 49.1 Å². The van der Waals surface area contributed by atoms with Gasteiger partial charge in [-0.05, 0) is 56.4 Å². The highest BCUT2D eigenvalue weighted by Gasteiger charge is 2.36. The summed E-state index contributed by atoms with van der Waals surface area (Å²) >= 11 is 0. The minimum atomic E-state index is -1.08. The van der Waals surface area contributed by atoms with Crippen LogP contribution in [0.3, 0.4) is 0 Å². The molecule has 160 valence electrons. The van der Waals surface area contributed by atoms with E-state index in [1.807, 2.05) is 32.0 Å². The molecular formula is C23H29N3O4. The number of carboxylic acids is 1. The minimum Gasteiger partial charge on any atom is -0.493 e. The average molecular weight is 412 g/mol. The number of rotatable bonds is 6. The van der Waals surface area contributed by atoms with Crippen molar-refractivity contribution < 1.29 is 19.4 Å². The first-order chi connectivity index (χ1) is 14.2. The fourth-order valence-corrected chi connectivity index (χ4v) is 4.46. The molecule has 1 aromatic heterocycles. The summed E-state index contributed by atoms with van der Waals surface area (Å²) in [5.41, 5.74) is 0.988. The number of Topliss-reactive ketones (excluding diaryl/α,β-unsaturated/α-hetero) is 1. The minimum absolute atomic E-state index is 0.00998. The van der Waals surface area contributed by atoms with Crippen molar-refractivity contribution in [3.05, 3.63) is 35.5 Å². The summed E-state index contributed by atoms with van der Waals surface area (Å²) in [5.74, 6) is 0.781. The topological polar surface area (TPSA) is 93.5 Å². The molecule has 0 atom stereocenters. The molecular weight excluding hydrogens is 382 g/mol. The summed E-state index contributed by atoms with van der Waals surface area (Å²) < 4.78 is 7.09. The number of hydrogen-bond donors (Lipinski definition) is 2. The molecule has 0 unspecified atom stereocenters. The normalized spacial score (nSPS) is 21.0. The maximum absolute atomic E-state index is 13.2. The first kappa shape index (κ1) is 20.4. The van der Waals surface area contributed by atoms with Crippen LogP contribution in [0.1, 0.15) is 62.4 Å². The number of aromatic nitrogens is 2. The number of carboxylic acid groups (broad SMARTS) is 1. The Morgan fingerprint density at radius 2 is 1.97 bits per heavy atom. The molecule has 2 aliphatic rings. The molecule has 2 heterocycles. The summed E-state index contributed by atoms with van der Waals surface area (Å²) in [6, 6.07) is 5.70. The molecule has 0 radical (unpaired) electrons. The van der Waals surface area contributed by atoms with Gasteiger partial charge >= 0.3 is 5.97 Å². The van der Waals surface area contributed by atoms with E-state index in [0.29, 0.717) is 12.5 Å². The summed E-state index contributed by atoms with van der Waals surface area (Å²) in [7, 11) is 0. The van der Waals surface area contributed by atoms with E-state index in [1.165, 1.54) is 6.20 Å². The summed E-state index contributed by atoms with van der Waals surface area (Å²) in [4.78, 5) is 25.0. The number of ether oxygens (including phenoxy) is 1. The van der Waals surface area contributed by atoms with Crippen LogP contribution in [0.4, 0.5) is 5.82 Å². The van der Waals surface area contributed by atoms with Crippen molar-refractivity contribution in [3.63, 3.8) is 0 Å². The van der Waals surface area contributed by atoms with Crippen LogP contribution >= 0.6 is 0 Å². The molecule has 4 rings (SSSR count). The lowest BCUT2D eigenvalue weighted by Gasteiger charge is -2.33. The SMILES string of the molecule is CC1CCC(C(=O)C(C)(C)Nc2nn(-c3ccc4c(c3)CCO4)cc2C(=O)O)CC1. The van der Waals surface area contributed by atoms with Gasteiger partial charge in [-0.25, -0.2) is 9.48 Å². The van der Waals surface area contributed by atoms with E-state index < -0.39 is 11.5 Å². The predicted octanol–water partition coefficient (Wildman–Crippen LogP) is 4.09. The molecule has 0 bridgehead atoms. The van der Waals surface area contributed by atoms with E-state index in [4.69, 9.17) is 4.74 Å². The van der Waals surface area contributed by atoms with Crippen LogP contribution in [0, 0.1) is 11.8 Å². The zero-order valence-electron chi connectivity index (χ0n) is 17.8. The molecule has 30 heavy (non-hydrogen) atoms. The third kappa shape index (κ3) is 3.93. The van der Waals surface area contributed by atoms with E-state index in [1.54, 1.807) is 4.68 Å². The summed E-state index contributed by atoms with van der Waals surface area (Å²) in [6.07, 6.45) is 6.21. The third-order valence-electron chi connectivity index (χ3n) is 6.32. The van der Waals surface area contributed by atoms with Crippen LogP contribution in [0.15, 0.2) is 24.4 Å². The number of ketones is 1. The number of carbonyl (C=O) groups is 2. The Labute approximate surface area is 176 Å². The van der Waals surface area contributed by atoms with E-state index in [9.17, 15) is 14.7 Å². The fraction of sp³-hybridized carbons (Fsp3) is 0.522. The molecule has 1 aliphatic carbocycles. The Morgan fingerprint density at radius 3 is 2.67 bits per heavy atom. The van der Waals surface area contributed by atoms with Gasteiger partial charge in [-0.1, -0.05) is 19.8 Å².